The highest BCUT2D eigenvalue weighted by Crippen LogP contribution is 2.30. The maximum Gasteiger partial charge on any atom is 0.0694 e. The Bertz CT molecular complexity index is 349. The van der Waals surface area contributed by atoms with E-state index in [1.807, 2.05) is 6.07 Å². The van der Waals surface area contributed by atoms with E-state index < -0.39 is 5.60 Å². The number of ether oxygens (including phenoxy) is 1. The van der Waals surface area contributed by atoms with Gasteiger partial charge in [0.15, 0.2) is 0 Å². The fourth-order valence-electron chi connectivity index (χ4n) is 2.76. The van der Waals surface area contributed by atoms with Crippen molar-refractivity contribution >= 4 is 0 Å². The summed E-state index contributed by atoms with van der Waals surface area (Å²) in [6, 6.07) is 10.5. The van der Waals surface area contributed by atoms with E-state index in [0.717, 1.165) is 38.5 Å². The molecular formula is C16H24O2. The summed E-state index contributed by atoms with van der Waals surface area (Å²) in [4.78, 5) is 0. The summed E-state index contributed by atoms with van der Waals surface area (Å²) < 4.78 is 5.63. The van der Waals surface area contributed by atoms with Gasteiger partial charge in [0.2, 0.25) is 0 Å². The summed E-state index contributed by atoms with van der Waals surface area (Å²) in [7, 11) is 0. The summed E-state index contributed by atoms with van der Waals surface area (Å²) in [6.07, 6.45) is 5.84. The Hall–Kier alpha value is -0.860. The molecule has 1 aromatic rings. The third-order valence-corrected chi connectivity index (χ3v) is 3.93. The molecule has 1 aliphatic rings. The van der Waals surface area contributed by atoms with Gasteiger partial charge in [0.1, 0.15) is 0 Å². The van der Waals surface area contributed by atoms with Crippen LogP contribution < -0.4 is 0 Å². The zero-order chi connectivity index (χ0) is 12.8. The van der Waals surface area contributed by atoms with E-state index in [-0.39, 0.29) is 6.10 Å². The Balaban J connectivity index is 1.78. The van der Waals surface area contributed by atoms with Crippen LogP contribution in [0, 0.1) is 0 Å². The van der Waals surface area contributed by atoms with Crippen LogP contribution in [0.2, 0.25) is 0 Å². The van der Waals surface area contributed by atoms with Gasteiger partial charge in [-0.15, -0.1) is 0 Å². The molecule has 0 amide bonds. The lowest BCUT2D eigenvalue weighted by molar-refractivity contribution is -0.108. The number of aryl methyl sites for hydroxylation is 1. The molecule has 0 saturated carbocycles. The van der Waals surface area contributed by atoms with Crippen LogP contribution in [0.3, 0.4) is 0 Å². The van der Waals surface area contributed by atoms with Gasteiger partial charge in [0.25, 0.3) is 0 Å². The second-order valence-electron chi connectivity index (χ2n) is 5.42. The molecule has 1 aromatic carbocycles. The fraction of sp³-hybridized carbons (Fsp3) is 0.625. The summed E-state index contributed by atoms with van der Waals surface area (Å²) in [6.45, 7) is 2.83. The molecule has 1 heterocycles. The van der Waals surface area contributed by atoms with Crippen LogP contribution in [-0.2, 0) is 11.2 Å². The smallest absolute Gasteiger partial charge is 0.0694 e. The predicted octanol–water partition coefficient (Wildman–Crippen LogP) is 3.33. The van der Waals surface area contributed by atoms with E-state index in [1.165, 1.54) is 5.56 Å². The van der Waals surface area contributed by atoms with Gasteiger partial charge >= 0.3 is 0 Å². The quantitative estimate of drug-likeness (QED) is 0.866. The monoisotopic (exact) mass is 248 g/mol. The normalized spacial score (nSPS) is 28.2. The number of benzene rings is 1. The third kappa shape index (κ3) is 3.82. The molecular weight excluding hydrogens is 224 g/mol. The molecule has 0 spiro atoms. The minimum Gasteiger partial charge on any atom is -0.390 e. The van der Waals surface area contributed by atoms with Crippen LogP contribution in [-0.4, -0.2) is 23.4 Å². The molecule has 2 rings (SSSR count). The van der Waals surface area contributed by atoms with Crippen molar-refractivity contribution in [2.45, 2.75) is 57.2 Å². The van der Waals surface area contributed by atoms with E-state index in [9.17, 15) is 5.11 Å². The van der Waals surface area contributed by atoms with Gasteiger partial charge in [0, 0.05) is 13.0 Å². The molecule has 2 unspecified atom stereocenters. The molecule has 0 aliphatic carbocycles. The first-order valence-electron chi connectivity index (χ1n) is 7.10. The molecule has 0 bridgehead atoms. The zero-order valence-corrected chi connectivity index (χ0v) is 11.3. The van der Waals surface area contributed by atoms with Gasteiger partial charge in [-0.25, -0.2) is 0 Å². The molecule has 1 saturated heterocycles. The van der Waals surface area contributed by atoms with Crippen molar-refractivity contribution in [3.63, 3.8) is 0 Å². The molecule has 1 aliphatic heterocycles. The van der Waals surface area contributed by atoms with Crippen LogP contribution >= 0.6 is 0 Å². The van der Waals surface area contributed by atoms with Gasteiger partial charge in [-0.05, 0) is 37.7 Å². The summed E-state index contributed by atoms with van der Waals surface area (Å²) in [5.41, 5.74) is 0.869. The van der Waals surface area contributed by atoms with E-state index >= 15 is 0 Å². The zero-order valence-electron chi connectivity index (χ0n) is 11.3. The van der Waals surface area contributed by atoms with Gasteiger partial charge in [0.05, 0.1) is 11.7 Å². The average Bonchev–Trinajstić information content (AvgIpc) is 2.40. The maximum atomic E-state index is 10.6. The molecule has 2 heteroatoms. The van der Waals surface area contributed by atoms with Crippen LogP contribution in [0.25, 0.3) is 0 Å². The summed E-state index contributed by atoms with van der Waals surface area (Å²) >= 11 is 0. The highest BCUT2D eigenvalue weighted by Gasteiger charge is 2.33. The van der Waals surface area contributed by atoms with Crippen molar-refractivity contribution < 1.29 is 9.84 Å². The summed E-state index contributed by atoms with van der Waals surface area (Å²) in [5.74, 6) is 0. The Labute approximate surface area is 110 Å². The standard InChI is InChI=1S/C16H24O2/c1-2-15-13-16(17,11-12-18-15)10-6-9-14-7-4-3-5-8-14/h3-5,7-8,15,17H,2,6,9-13H2,1H3. The topological polar surface area (TPSA) is 29.5 Å². The predicted molar refractivity (Wildman–Crippen MR) is 73.6 cm³/mol. The number of hydrogen-bond acceptors (Lipinski definition) is 2. The number of aliphatic hydroxyl groups is 1. The van der Waals surface area contributed by atoms with Crippen molar-refractivity contribution in [3.05, 3.63) is 35.9 Å². The Morgan fingerprint density at radius 1 is 1.33 bits per heavy atom. The lowest BCUT2D eigenvalue weighted by Gasteiger charge is -2.36. The van der Waals surface area contributed by atoms with E-state index in [1.54, 1.807) is 0 Å². The molecule has 2 atom stereocenters. The number of rotatable bonds is 5. The van der Waals surface area contributed by atoms with Gasteiger partial charge in [-0.1, -0.05) is 37.3 Å². The van der Waals surface area contributed by atoms with Crippen LogP contribution in [0.5, 0.6) is 0 Å². The molecule has 1 N–H and O–H groups in total. The Morgan fingerprint density at radius 3 is 2.83 bits per heavy atom. The van der Waals surface area contributed by atoms with Crippen molar-refractivity contribution in [1.29, 1.82) is 0 Å². The molecule has 2 nitrogen and oxygen atoms in total. The second-order valence-corrected chi connectivity index (χ2v) is 5.42. The molecule has 0 aromatic heterocycles. The molecule has 1 fully saturated rings. The van der Waals surface area contributed by atoms with E-state index in [4.69, 9.17) is 4.74 Å². The van der Waals surface area contributed by atoms with Crippen molar-refractivity contribution in [2.24, 2.45) is 0 Å². The first-order chi connectivity index (χ1) is 8.72. The Morgan fingerprint density at radius 2 is 2.11 bits per heavy atom. The number of hydrogen-bond donors (Lipinski definition) is 1. The highest BCUT2D eigenvalue weighted by molar-refractivity contribution is 5.14. The van der Waals surface area contributed by atoms with Crippen molar-refractivity contribution in [1.82, 2.24) is 0 Å². The minimum atomic E-state index is -0.492. The molecule has 0 radical (unpaired) electrons. The van der Waals surface area contributed by atoms with Gasteiger partial charge in [-0.2, -0.15) is 0 Å². The first-order valence-corrected chi connectivity index (χ1v) is 7.10. The third-order valence-electron chi connectivity index (χ3n) is 3.93. The molecule has 100 valence electrons. The minimum absolute atomic E-state index is 0.250. The second kappa shape index (κ2) is 6.35. The lowest BCUT2D eigenvalue weighted by Crippen LogP contribution is -2.40. The van der Waals surface area contributed by atoms with E-state index in [2.05, 4.69) is 31.2 Å². The fourth-order valence-corrected chi connectivity index (χ4v) is 2.76. The van der Waals surface area contributed by atoms with Crippen LogP contribution in [0.15, 0.2) is 30.3 Å². The van der Waals surface area contributed by atoms with Gasteiger partial charge < -0.3 is 9.84 Å². The average molecular weight is 248 g/mol. The highest BCUT2D eigenvalue weighted by atomic mass is 16.5. The Kier molecular flexibility index (Phi) is 4.79. The van der Waals surface area contributed by atoms with E-state index in [0.29, 0.717) is 6.61 Å². The largest absolute Gasteiger partial charge is 0.390 e. The maximum absolute atomic E-state index is 10.6. The lowest BCUT2D eigenvalue weighted by atomic mass is 9.84. The van der Waals surface area contributed by atoms with Gasteiger partial charge in [-0.3, -0.25) is 0 Å². The van der Waals surface area contributed by atoms with Crippen LogP contribution in [0.4, 0.5) is 0 Å². The van der Waals surface area contributed by atoms with Crippen molar-refractivity contribution in [2.75, 3.05) is 6.61 Å². The first kappa shape index (κ1) is 13.6. The SMILES string of the molecule is CCC1CC(O)(CCCc2ccccc2)CCO1. The molecule has 18 heavy (non-hydrogen) atoms. The van der Waals surface area contributed by atoms with Crippen molar-refractivity contribution in [3.8, 4) is 0 Å². The summed E-state index contributed by atoms with van der Waals surface area (Å²) in [5, 5.41) is 10.6. The van der Waals surface area contributed by atoms with Crippen LogP contribution in [0.1, 0.15) is 44.6 Å².